The van der Waals surface area contributed by atoms with E-state index in [1.54, 1.807) is 0 Å². The number of rotatable bonds is 4. The molecule has 0 aliphatic rings. The zero-order valence-corrected chi connectivity index (χ0v) is 12.7. The van der Waals surface area contributed by atoms with Crippen molar-refractivity contribution in [2.24, 2.45) is 0 Å². The van der Waals surface area contributed by atoms with E-state index in [1.807, 2.05) is 12.4 Å². The van der Waals surface area contributed by atoms with Crippen molar-refractivity contribution in [1.29, 1.82) is 0 Å². The van der Waals surface area contributed by atoms with Crippen LogP contribution >= 0.6 is 0 Å². The minimum Gasteiger partial charge on any atom is -0.456 e. The standard InChI is InChI=1S/C18H20N2O/c1-12(2)20-10-14-7-16(11-19-9-14)17-8-15-6-4-5-13(3)18(15)21-17/h4-9,11-12,20H,10H2,1-3H3. The summed E-state index contributed by atoms with van der Waals surface area (Å²) in [6.07, 6.45) is 3.75. The molecule has 3 nitrogen and oxygen atoms in total. The van der Waals surface area contributed by atoms with Gasteiger partial charge in [0.1, 0.15) is 11.3 Å². The van der Waals surface area contributed by atoms with Gasteiger partial charge in [0.25, 0.3) is 0 Å². The predicted molar refractivity (Wildman–Crippen MR) is 86.2 cm³/mol. The van der Waals surface area contributed by atoms with Gasteiger partial charge in [-0.3, -0.25) is 4.98 Å². The Morgan fingerprint density at radius 2 is 2.05 bits per heavy atom. The number of hydrogen-bond acceptors (Lipinski definition) is 3. The van der Waals surface area contributed by atoms with Crippen LogP contribution in [0.5, 0.6) is 0 Å². The lowest BCUT2D eigenvalue weighted by Gasteiger charge is -2.08. The van der Waals surface area contributed by atoms with E-state index in [1.165, 1.54) is 5.56 Å². The van der Waals surface area contributed by atoms with Gasteiger partial charge in [-0.05, 0) is 30.2 Å². The van der Waals surface area contributed by atoms with Crippen molar-refractivity contribution in [2.75, 3.05) is 0 Å². The molecule has 0 bridgehead atoms. The molecule has 3 rings (SSSR count). The Labute approximate surface area is 125 Å². The molecule has 3 aromatic rings. The highest BCUT2D eigenvalue weighted by Crippen LogP contribution is 2.29. The topological polar surface area (TPSA) is 38.1 Å². The summed E-state index contributed by atoms with van der Waals surface area (Å²) >= 11 is 0. The van der Waals surface area contributed by atoms with Crippen molar-refractivity contribution in [2.45, 2.75) is 33.4 Å². The van der Waals surface area contributed by atoms with Gasteiger partial charge >= 0.3 is 0 Å². The Balaban J connectivity index is 1.94. The highest BCUT2D eigenvalue weighted by Gasteiger charge is 2.09. The third-order valence-corrected chi connectivity index (χ3v) is 3.53. The quantitative estimate of drug-likeness (QED) is 0.774. The van der Waals surface area contributed by atoms with Crippen LogP contribution in [0.1, 0.15) is 25.0 Å². The number of pyridine rings is 1. The van der Waals surface area contributed by atoms with Crippen LogP contribution in [0.25, 0.3) is 22.3 Å². The van der Waals surface area contributed by atoms with Gasteiger partial charge in [0.05, 0.1) is 0 Å². The first-order valence-electron chi connectivity index (χ1n) is 7.30. The van der Waals surface area contributed by atoms with Crippen LogP contribution in [0.2, 0.25) is 0 Å². The summed E-state index contributed by atoms with van der Waals surface area (Å²) < 4.78 is 6.01. The second-order valence-electron chi connectivity index (χ2n) is 5.72. The van der Waals surface area contributed by atoms with Crippen LogP contribution in [0, 0.1) is 6.92 Å². The van der Waals surface area contributed by atoms with Crippen LogP contribution in [0.15, 0.2) is 47.1 Å². The van der Waals surface area contributed by atoms with Gasteiger partial charge in [0.2, 0.25) is 0 Å². The Hall–Kier alpha value is -2.13. The molecule has 108 valence electrons. The molecule has 0 aliphatic carbocycles. The number of nitrogens with one attached hydrogen (secondary N) is 1. The molecule has 0 saturated heterocycles. The number of fused-ring (bicyclic) bond motifs is 1. The number of nitrogens with zero attached hydrogens (tertiary/aromatic N) is 1. The SMILES string of the molecule is Cc1cccc2cc(-c3cncc(CNC(C)C)c3)oc12. The van der Waals surface area contributed by atoms with Crippen LogP contribution in [0.4, 0.5) is 0 Å². The van der Waals surface area contributed by atoms with Crippen LogP contribution < -0.4 is 5.32 Å². The number of benzene rings is 1. The summed E-state index contributed by atoms with van der Waals surface area (Å²) in [5.74, 6) is 0.873. The highest BCUT2D eigenvalue weighted by atomic mass is 16.3. The van der Waals surface area contributed by atoms with Crippen LogP contribution in [0.3, 0.4) is 0 Å². The average Bonchev–Trinajstić information content (AvgIpc) is 2.91. The van der Waals surface area contributed by atoms with Crippen molar-refractivity contribution in [1.82, 2.24) is 10.3 Å². The molecule has 0 radical (unpaired) electrons. The summed E-state index contributed by atoms with van der Waals surface area (Å²) in [7, 11) is 0. The van der Waals surface area contributed by atoms with Crippen LogP contribution in [-0.2, 0) is 6.54 Å². The van der Waals surface area contributed by atoms with Gasteiger partial charge in [-0.1, -0.05) is 32.0 Å². The average molecular weight is 280 g/mol. The fraction of sp³-hybridized carbons (Fsp3) is 0.278. The van der Waals surface area contributed by atoms with E-state index < -0.39 is 0 Å². The normalized spacial score (nSPS) is 11.4. The molecule has 1 N–H and O–H groups in total. The molecule has 0 atom stereocenters. The molecule has 0 fully saturated rings. The molecular formula is C18H20N2O. The van der Waals surface area contributed by atoms with E-state index in [0.717, 1.165) is 34.4 Å². The van der Waals surface area contributed by atoms with Gasteiger partial charge in [-0.25, -0.2) is 0 Å². The lowest BCUT2D eigenvalue weighted by atomic mass is 10.1. The highest BCUT2D eigenvalue weighted by molar-refractivity contribution is 5.85. The maximum atomic E-state index is 6.01. The number of hydrogen-bond donors (Lipinski definition) is 1. The van der Waals surface area contributed by atoms with Crippen molar-refractivity contribution in [3.8, 4) is 11.3 Å². The van der Waals surface area contributed by atoms with E-state index in [4.69, 9.17) is 4.42 Å². The molecule has 0 spiro atoms. The van der Waals surface area contributed by atoms with Crippen molar-refractivity contribution >= 4 is 11.0 Å². The molecule has 2 heterocycles. The molecule has 3 heteroatoms. The lowest BCUT2D eigenvalue weighted by Crippen LogP contribution is -2.21. The largest absolute Gasteiger partial charge is 0.456 e. The van der Waals surface area contributed by atoms with E-state index in [2.05, 4.69) is 61.4 Å². The molecule has 1 aromatic carbocycles. The van der Waals surface area contributed by atoms with Crippen molar-refractivity contribution in [3.63, 3.8) is 0 Å². The Morgan fingerprint density at radius 1 is 1.19 bits per heavy atom. The molecule has 0 saturated carbocycles. The van der Waals surface area contributed by atoms with Gasteiger partial charge in [0.15, 0.2) is 0 Å². The number of aryl methyl sites for hydroxylation is 1. The Morgan fingerprint density at radius 3 is 2.81 bits per heavy atom. The minimum absolute atomic E-state index is 0.461. The maximum absolute atomic E-state index is 6.01. The zero-order valence-electron chi connectivity index (χ0n) is 12.7. The monoisotopic (exact) mass is 280 g/mol. The first-order valence-corrected chi connectivity index (χ1v) is 7.30. The second kappa shape index (κ2) is 5.70. The molecule has 0 unspecified atom stereocenters. The van der Waals surface area contributed by atoms with E-state index in [0.29, 0.717) is 6.04 Å². The number of para-hydroxylation sites is 1. The molecule has 21 heavy (non-hydrogen) atoms. The predicted octanol–water partition coefficient (Wildman–Crippen LogP) is 4.30. The summed E-state index contributed by atoms with van der Waals surface area (Å²) in [6, 6.07) is 10.9. The fourth-order valence-corrected chi connectivity index (χ4v) is 2.39. The second-order valence-corrected chi connectivity index (χ2v) is 5.72. The molecular weight excluding hydrogens is 260 g/mol. The number of furan rings is 1. The lowest BCUT2D eigenvalue weighted by molar-refractivity contribution is 0.587. The van der Waals surface area contributed by atoms with Crippen molar-refractivity contribution in [3.05, 3.63) is 53.9 Å². The Kier molecular flexibility index (Phi) is 3.76. The summed E-state index contributed by atoms with van der Waals surface area (Å²) in [5.41, 5.74) is 4.30. The third kappa shape index (κ3) is 2.98. The van der Waals surface area contributed by atoms with E-state index in [9.17, 15) is 0 Å². The molecule has 0 aliphatic heterocycles. The van der Waals surface area contributed by atoms with Gasteiger partial charge < -0.3 is 9.73 Å². The van der Waals surface area contributed by atoms with E-state index >= 15 is 0 Å². The summed E-state index contributed by atoms with van der Waals surface area (Å²) in [5, 5.41) is 4.54. The first kappa shape index (κ1) is 13.8. The minimum atomic E-state index is 0.461. The third-order valence-electron chi connectivity index (χ3n) is 3.53. The maximum Gasteiger partial charge on any atom is 0.137 e. The summed E-state index contributed by atoms with van der Waals surface area (Å²) in [4.78, 5) is 4.33. The number of aromatic nitrogens is 1. The van der Waals surface area contributed by atoms with Crippen LogP contribution in [-0.4, -0.2) is 11.0 Å². The van der Waals surface area contributed by atoms with Crippen molar-refractivity contribution < 1.29 is 4.42 Å². The molecule has 0 amide bonds. The van der Waals surface area contributed by atoms with Gasteiger partial charge in [-0.15, -0.1) is 0 Å². The first-order chi connectivity index (χ1) is 10.1. The Bertz CT molecular complexity index is 759. The fourth-order valence-electron chi connectivity index (χ4n) is 2.39. The van der Waals surface area contributed by atoms with E-state index in [-0.39, 0.29) is 0 Å². The van der Waals surface area contributed by atoms with Gasteiger partial charge in [-0.2, -0.15) is 0 Å². The van der Waals surface area contributed by atoms with Gasteiger partial charge in [0, 0.05) is 35.9 Å². The summed E-state index contributed by atoms with van der Waals surface area (Å²) in [6.45, 7) is 7.16. The molecule has 2 aromatic heterocycles. The zero-order chi connectivity index (χ0) is 14.8. The smallest absolute Gasteiger partial charge is 0.137 e.